The number of nitrogens with two attached hydrogens (primary N) is 1. The summed E-state index contributed by atoms with van der Waals surface area (Å²) in [7, 11) is 0. The van der Waals surface area contributed by atoms with Crippen molar-refractivity contribution in [2.75, 3.05) is 5.43 Å². The fraction of sp³-hybridized carbons (Fsp3) is 0.583. The van der Waals surface area contributed by atoms with Gasteiger partial charge >= 0.3 is 0 Å². The smallest absolute Gasteiger partial charge is 0.143 e. The summed E-state index contributed by atoms with van der Waals surface area (Å²) in [5, 5.41) is 0. The molecule has 88 valence electrons. The molecule has 0 aliphatic heterocycles. The Labute approximate surface area is 96.2 Å². The molecule has 0 amide bonds. The highest BCUT2D eigenvalue weighted by Crippen LogP contribution is 2.27. The van der Waals surface area contributed by atoms with Crippen LogP contribution in [0.2, 0.25) is 0 Å². The number of aromatic nitrogens is 1. The van der Waals surface area contributed by atoms with Gasteiger partial charge in [0.15, 0.2) is 0 Å². The molecule has 1 fully saturated rings. The minimum absolute atomic E-state index is 0.344. The lowest BCUT2D eigenvalue weighted by atomic mass is 9.89. The van der Waals surface area contributed by atoms with E-state index in [2.05, 4.69) is 17.3 Å². The van der Waals surface area contributed by atoms with Gasteiger partial charge in [-0.15, -0.1) is 0 Å². The van der Waals surface area contributed by atoms with Gasteiger partial charge < -0.3 is 10.2 Å². The number of nitrogens with zero attached hydrogens (tertiary/aromatic N) is 1. The van der Waals surface area contributed by atoms with Crippen molar-refractivity contribution in [1.82, 2.24) is 4.98 Å². The maximum Gasteiger partial charge on any atom is 0.143 e. The van der Waals surface area contributed by atoms with Crippen LogP contribution >= 0.6 is 0 Å². The molecular formula is C12H19N3O. The predicted octanol–water partition coefficient (Wildman–Crippen LogP) is 2.32. The number of anilines is 1. The number of ether oxygens (including phenoxy) is 1. The van der Waals surface area contributed by atoms with E-state index in [-0.39, 0.29) is 0 Å². The van der Waals surface area contributed by atoms with Gasteiger partial charge in [-0.3, -0.25) is 0 Å². The molecule has 0 radical (unpaired) electrons. The minimum Gasteiger partial charge on any atom is -0.490 e. The molecule has 2 unspecified atom stereocenters. The summed E-state index contributed by atoms with van der Waals surface area (Å²) >= 11 is 0. The second-order valence-corrected chi connectivity index (χ2v) is 4.53. The van der Waals surface area contributed by atoms with Gasteiger partial charge in [0.2, 0.25) is 0 Å². The van der Waals surface area contributed by atoms with Crippen LogP contribution in [0.1, 0.15) is 32.6 Å². The fourth-order valence-electron chi connectivity index (χ4n) is 2.24. The SMILES string of the molecule is CC1CCCC(Oc2ccnc(NN)c2)C1. The predicted molar refractivity (Wildman–Crippen MR) is 64.1 cm³/mol. The molecule has 4 heteroatoms. The summed E-state index contributed by atoms with van der Waals surface area (Å²) < 4.78 is 5.93. The first-order chi connectivity index (χ1) is 7.78. The first-order valence-corrected chi connectivity index (χ1v) is 5.87. The van der Waals surface area contributed by atoms with Crippen molar-refractivity contribution in [3.05, 3.63) is 18.3 Å². The maximum atomic E-state index is 5.93. The highest BCUT2D eigenvalue weighted by molar-refractivity contribution is 5.39. The topological polar surface area (TPSA) is 60.2 Å². The van der Waals surface area contributed by atoms with Gasteiger partial charge in [0.25, 0.3) is 0 Å². The highest BCUT2D eigenvalue weighted by atomic mass is 16.5. The van der Waals surface area contributed by atoms with Crippen molar-refractivity contribution in [1.29, 1.82) is 0 Å². The number of pyridine rings is 1. The lowest BCUT2D eigenvalue weighted by molar-refractivity contribution is 0.129. The molecule has 3 N–H and O–H groups in total. The second-order valence-electron chi connectivity index (χ2n) is 4.53. The van der Waals surface area contributed by atoms with E-state index < -0.39 is 0 Å². The molecule has 1 saturated carbocycles. The van der Waals surface area contributed by atoms with Gasteiger partial charge in [-0.25, -0.2) is 10.8 Å². The highest BCUT2D eigenvalue weighted by Gasteiger charge is 2.20. The number of rotatable bonds is 3. The van der Waals surface area contributed by atoms with E-state index in [9.17, 15) is 0 Å². The molecular weight excluding hydrogens is 202 g/mol. The van der Waals surface area contributed by atoms with Gasteiger partial charge in [-0.1, -0.05) is 13.3 Å². The zero-order chi connectivity index (χ0) is 11.4. The van der Waals surface area contributed by atoms with Crippen LogP contribution in [-0.4, -0.2) is 11.1 Å². The molecule has 2 rings (SSSR count). The van der Waals surface area contributed by atoms with E-state index in [0.29, 0.717) is 11.9 Å². The lowest BCUT2D eigenvalue weighted by Crippen LogP contribution is -2.24. The van der Waals surface area contributed by atoms with E-state index in [1.165, 1.54) is 12.8 Å². The number of hydrogen-bond donors (Lipinski definition) is 2. The molecule has 1 aromatic heterocycles. The van der Waals surface area contributed by atoms with Crippen LogP contribution in [0, 0.1) is 5.92 Å². The third-order valence-corrected chi connectivity index (χ3v) is 3.07. The van der Waals surface area contributed by atoms with Gasteiger partial charge in [-0.05, 0) is 31.2 Å². The Morgan fingerprint density at radius 2 is 2.38 bits per heavy atom. The number of nitrogens with one attached hydrogen (secondary N) is 1. The average molecular weight is 221 g/mol. The Hall–Kier alpha value is -1.29. The molecule has 0 spiro atoms. The Balaban J connectivity index is 1.97. The van der Waals surface area contributed by atoms with Crippen LogP contribution < -0.4 is 16.0 Å². The molecule has 1 aromatic rings. The quantitative estimate of drug-likeness (QED) is 0.607. The van der Waals surface area contributed by atoms with Gasteiger partial charge in [-0.2, -0.15) is 0 Å². The number of hydrogen-bond acceptors (Lipinski definition) is 4. The summed E-state index contributed by atoms with van der Waals surface area (Å²) in [6.07, 6.45) is 6.93. The van der Waals surface area contributed by atoms with Crippen LogP contribution in [0.15, 0.2) is 18.3 Å². The van der Waals surface area contributed by atoms with Crippen molar-refractivity contribution >= 4 is 5.82 Å². The standard InChI is InChI=1S/C12H19N3O/c1-9-3-2-4-10(7-9)16-11-5-6-14-12(8-11)15-13/h5-6,8-10H,2-4,7,13H2,1H3,(H,14,15). The van der Waals surface area contributed by atoms with Gasteiger partial charge in [0.05, 0.1) is 6.10 Å². The van der Waals surface area contributed by atoms with Crippen molar-refractivity contribution in [2.24, 2.45) is 11.8 Å². The normalized spacial score (nSPS) is 25.1. The second kappa shape index (κ2) is 5.16. The molecule has 0 bridgehead atoms. The zero-order valence-electron chi connectivity index (χ0n) is 9.65. The van der Waals surface area contributed by atoms with Gasteiger partial charge in [0, 0.05) is 12.3 Å². The maximum absolute atomic E-state index is 5.93. The molecule has 0 aromatic carbocycles. The van der Waals surface area contributed by atoms with Crippen molar-refractivity contribution in [2.45, 2.75) is 38.7 Å². The van der Waals surface area contributed by atoms with Gasteiger partial charge in [0.1, 0.15) is 11.6 Å². The summed E-state index contributed by atoms with van der Waals surface area (Å²) in [6.45, 7) is 2.29. The molecule has 1 heterocycles. The number of hydrazine groups is 1. The minimum atomic E-state index is 0.344. The Morgan fingerprint density at radius 3 is 3.12 bits per heavy atom. The largest absolute Gasteiger partial charge is 0.490 e. The molecule has 1 aliphatic rings. The van der Waals surface area contributed by atoms with Crippen LogP contribution in [0.5, 0.6) is 5.75 Å². The van der Waals surface area contributed by atoms with Crippen LogP contribution in [0.3, 0.4) is 0 Å². The fourth-order valence-corrected chi connectivity index (χ4v) is 2.24. The average Bonchev–Trinajstić information content (AvgIpc) is 2.29. The third kappa shape index (κ3) is 2.85. The van der Waals surface area contributed by atoms with E-state index in [0.717, 1.165) is 24.5 Å². The van der Waals surface area contributed by atoms with Crippen LogP contribution in [0.25, 0.3) is 0 Å². The molecule has 4 nitrogen and oxygen atoms in total. The summed E-state index contributed by atoms with van der Waals surface area (Å²) in [5.74, 6) is 7.57. The Kier molecular flexibility index (Phi) is 3.62. The zero-order valence-corrected chi connectivity index (χ0v) is 9.65. The Bertz CT molecular complexity index is 343. The molecule has 0 saturated heterocycles. The van der Waals surface area contributed by atoms with Crippen molar-refractivity contribution < 1.29 is 4.74 Å². The van der Waals surface area contributed by atoms with E-state index in [4.69, 9.17) is 10.6 Å². The molecule has 2 atom stereocenters. The van der Waals surface area contributed by atoms with Crippen molar-refractivity contribution in [3.63, 3.8) is 0 Å². The molecule has 16 heavy (non-hydrogen) atoms. The first-order valence-electron chi connectivity index (χ1n) is 5.87. The lowest BCUT2D eigenvalue weighted by Gasteiger charge is -2.27. The third-order valence-electron chi connectivity index (χ3n) is 3.07. The van der Waals surface area contributed by atoms with E-state index >= 15 is 0 Å². The van der Waals surface area contributed by atoms with Crippen molar-refractivity contribution in [3.8, 4) is 5.75 Å². The summed E-state index contributed by atoms with van der Waals surface area (Å²) in [5.41, 5.74) is 2.52. The van der Waals surface area contributed by atoms with Crippen LogP contribution in [0.4, 0.5) is 5.82 Å². The summed E-state index contributed by atoms with van der Waals surface area (Å²) in [4.78, 5) is 4.05. The van der Waals surface area contributed by atoms with Crippen LogP contribution in [-0.2, 0) is 0 Å². The first kappa shape index (κ1) is 11.2. The van der Waals surface area contributed by atoms with E-state index in [1.807, 2.05) is 12.1 Å². The Morgan fingerprint density at radius 1 is 1.50 bits per heavy atom. The van der Waals surface area contributed by atoms with E-state index in [1.54, 1.807) is 6.20 Å². The molecule has 1 aliphatic carbocycles. The monoisotopic (exact) mass is 221 g/mol. The number of nitrogen functional groups attached to an aromatic ring is 1. The summed E-state index contributed by atoms with van der Waals surface area (Å²) in [6, 6.07) is 3.71.